The van der Waals surface area contributed by atoms with Gasteiger partial charge in [-0.3, -0.25) is 4.90 Å². The fourth-order valence-corrected chi connectivity index (χ4v) is 3.35. The second kappa shape index (κ2) is 7.72. The number of ether oxygens (including phenoxy) is 2. The van der Waals surface area contributed by atoms with Gasteiger partial charge in [-0.25, -0.2) is 9.59 Å². The number of urea groups is 1. The van der Waals surface area contributed by atoms with Crippen LogP contribution >= 0.6 is 11.6 Å². The second-order valence-electron chi connectivity index (χ2n) is 5.93. The Morgan fingerprint density at radius 2 is 1.78 bits per heavy atom. The fourth-order valence-electron chi connectivity index (χ4n) is 3.10. The predicted molar refractivity (Wildman–Crippen MR) is 103 cm³/mol. The van der Waals surface area contributed by atoms with Crippen molar-refractivity contribution in [1.82, 2.24) is 5.32 Å². The highest BCUT2D eigenvalue weighted by atomic mass is 35.5. The summed E-state index contributed by atoms with van der Waals surface area (Å²) in [6.07, 6.45) is 0. The highest BCUT2D eigenvalue weighted by Gasteiger charge is 2.37. The number of nitrogens with one attached hydrogen (secondary N) is 1. The van der Waals surface area contributed by atoms with Crippen LogP contribution in [-0.2, 0) is 9.53 Å². The minimum absolute atomic E-state index is 0.320. The van der Waals surface area contributed by atoms with Crippen LogP contribution in [0.15, 0.2) is 59.8 Å². The zero-order chi connectivity index (χ0) is 19.6. The molecule has 0 unspecified atom stereocenters. The Bertz CT molecular complexity index is 908. The largest absolute Gasteiger partial charge is 0.497 e. The smallest absolute Gasteiger partial charge is 0.337 e. The number of hydrogen-bond acceptors (Lipinski definition) is 4. The van der Waals surface area contributed by atoms with Crippen LogP contribution in [0.4, 0.5) is 10.5 Å². The third-order valence-corrected chi connectivity index (χ3v) is 4.78. The molecule has 0 bridgehead atoms. The number of halogens is 1. The summed E-state index contributed by atoms with van der Waals surface area (Å²) >= 11 is 6.30. The summed E-state index contributed by atoms with van der Waals surface area (Å²) < 4.78 is 10.1. The van der Waals surface area contributed by atoms with Gasteiger partial charge in [0.1, 0.15) is 5.75 Å². The SMILES string of the molecule is COC(=O)C1=C(C)N(c2ccc(OC)cc2)C(=O)N[C@@H]1c1ccccc1Cl. The molecule has 0 aromatic heterocycles. The molecule has 3 rings (SSSR count). The number of rotatable bonds is 4. The molecule has 2 aromatic rings. The Hall–Kier alpha value is -2.99. The summed E-state index contributed by atoms with van der Waals surface area (Å²) in [6, 6.07) is 13.0. The fraction of sp³-hybridized carbons (Fsp3) is 0.200. The van der Waals surface area contributed by atoms with Crippen LogP contribution in [0, 0.1) is 0 Å². The number of carbonyl (C=O) groups is 2. The van der Waals surface area contributed by atoms with E-state index >= 15 is 0 Å². The molecule has 0 saturated carbocycles. The molecule has 1 aliphatic rings. The van der Waals surface area contributed by atoms with Crippen LogP contribution in [-0.4, -0.2) is 26.2 Å². The molecular weight excluding hydrogens is 368 g/mol. The van der Waals surface area contributed by atoms with E-state index in [-0.39, 0.29) is 6.03 Å². The van der Waals surface area contributed by atoms with Crippen LogP contribution < -0.4 is 15.0 Å². The number of nitrogens with zero attached hydrogens (tertiary/aromatic N) is 1. The lowest BCUT2D eigenvalue weighted by atomic mass is 9.94. The summed E-state index contributed by atoms with van der Waals surface area (Å²) in [7, 11) is 2.87. The van der Waals surface area contributed by atoms with Crippen molar-refractivity contribution < 1.29 is 19.1 Å². The van der Waals surface area contributed by atoms with Gasteiger partial charge in [-0.15, -0.1) is 0 Å². The highest BCUT2D eigenvalue weighted by molar-refractivity contribution is 6.31. The zero-order valence-corrected chi connectivity index (χ0v) is 15.9. The number of carbonyl (C=O) groups excluding carboxylic acids is 2. The third kappa shape index (κ3) is 3.48. The van der Waals surface area contributed by atoms with Gasteiger partial charge in [0.2, 0.25) is 0 Å². The molecule has 0 aliphatic carbocycles. The molecule has 6 nitrogen and oxygen atoms in total. The van der Waals surface area contributed by atoms with Gasteiger partial charge in [-0.1, -0.05) is 29.8 Å². The normalized spacial score (nSPS) is 16.8. The Morgan fingerprint density at radius 3 is 2.37 bits per heavy atom. The first-order chi connectivity index (χ1) is 13.0. The number of hydrogen-bond donors (Lipinski definition) is 1. The lowest BCUT2D eigenvalue weighted by Gasteiger charge is -2.35. The van der Waals surface area contributed by atoms with Gasteiger partial charge in [0.05, 0.1) is 31.5 Å². The molecule has 1 N–H and O–H groups in total. The van der Waals surface area contributed by atoms with E-state index in [1.165, 1.54) is 12.0 Å². The Balaban J connectivity index is 2.13. The molecule has 1 heterocycles. The van der Waals surface area contributed by atoms with Crippen LogP contribution in [0.1, 0.15) is 18.5 Å². The first kappa shape index (κ1) is 18.8. The Labute approximate surface area is 162 Å². The van der Waals surface area contributed by atoms with Gasteiger partial charge < -0.3 is 14.8 Å². The minimum atomic E-state index is -0.701. The van der Waals surface area contributed by atoms with E-state index in [4.69, 9.17) is 21.1 Å². The van der Waals surface area contributed by atoms with E-state index in [0.29, 0.717) is 33.3 Å². The number of anilines is 1. The quantitative estimate of drug-likeness (QED) is 0.804. The third-order valence-electron chi connectivity index (χ3n) is 4.44. The molecule has 27 heavy (non-hydrogen) atoms. The lowest BCUT2D eigenvalue weighted by molar-refractivity contribution is -0.136. The number of methoxy groups -OCH3 is 2. The number of amides is 2. The Morgan fingerprint density at radius 1 is 1.11 bits per heavy atom. The minimum Gasteiger partial charge on any atom is -0.497 e. The van der Waals surface area contributed by atoms with E-state index < -0.39 is 12.0 Å². The van der Waals surface area contributed by atoms with Gasteiger partial charge in [0.25, 0.3) is 0 Å². The lowest BCUT2D eigenvalue weighted by Crippen LogP contribution is -2.48. The highest BCUT2D eigenvalue weighted by Crippen LogP contribution is 2.36. The van der Waals surface area contributed by atoms with Crippen molar-refractivity contribution in [1.29, 1.82) is 0 Å². The predicted octanol–water partition coefficient (Wildman–Crippen LogP) is 4.07. The van der Waals surface area contributed by atoms with Crippen LogP contribution in [0.2, 0.25) is 5.02 Å². The maximum atomic E-state index is 12.9. The molecule has 1 atom stereocenters. The van der Waals surface area contributed by atoms with Crippen LogP contribution in [0.25, 0.3) is 0 Å². The van der Waals surface area contributed by atoms with Crippen molar-refractivity contribution in [3.8, 4) is 5.75 Å². The van der Waals surface area contributed by atoms with Gasteiger partial charge in [-0.05, 0) is 42.8 Å². The van der Waals surface area contributed by atoms with E-state index in [0.717, 1.165) is 0 Å². The molecule has 0 fully saturated rings. The number of esters is 1. The zero-order valence-electron chi connectivity index (χ0n) is 15.2. The van der Waals surface area contributed by atoms with Crippen molar-refractivity contribution in [3.05, 3.63) is 70.4 Å². The van der Waals surface area contributed by atoms with E-state index in [1.807, 2.05) is 0 Å². The molecular formula is C20H19ClN2O4. The average Bonchev–Trinajstić information content (AvgIpc) is 2.68. The summed E-state index contributed by atoms with van der Waals surface area (Å²) in [6.45, 7) is 1.71. The second-order valence-corrected chi connectivity index (χ2v) is 6.34. The molecule has 7 heteroatoms. The Kier molecular flexibility index (Phi) is 5.37. The average molecular weight is 387 g/mol. The molecule has 140 valence electrons. The van der Waals surface area contributed by atoms with E-state index in [2.05, 4.69) is 5.32 Å². The van der Waals surface area contributed by atoms with Gasteiger partial charge >= 0.3 is 12.0 Å². The van der Waals surface area contributed by atoms with Gasteiger partial charge in [-0.2, -0.15) is 0 Å². The maximum absolute atomic E-state index is 12.9. The molecule has 0 spiro atoms. The summed E-state index contributed by atoms with van der Waals surface area (Å²) in [4.78, 5) is 26.8. The summed E-state index contributed by atoms with van der Waals surface area (Å²) in [5, 5.41) is 3.31. The monoisotopic (exact) mass is 386 g/mol. The standard InChI is InChI=1S/C20H19ClN2O4/c1-12-17(19(24)27-3)18(15-6-4-5-7-16(15)21)22-20(25)23(12)13-8-10-14(26-2)11-9-13/h4-11,18H,1-3H3,(H,22,25)/t18-/m1/s1. The van der Waals surface area contributed by atoms with Crippen LogP contribution in [0.5, 0.6) is 5.75 Å². The van der Waals surface area contributed by atoms with E-state index in [1.54, 1.807) is 62.6 Å². The van der Waals surface area contributed by atoms with E-state index in [9.17, 15) is 9.59 Å². The van der Waals surface area contributed by atoms with Crippen molar-refractivity contribution in [2.24, 2.45) is 0 Å². The van der Waals surface area contributed by atoms with Gasteiger partial charge in [0, 0.05) is 10.7 Å². The maximum Gasteiger partial charge on any atom is 0.337 e. The van der Waals surface area contributed by atoms with Crippen molar-refractivity contribution in [2.45, 2.75) is 13.0 Å². The number of allylic oxidation sites excluding steroid dienone is 1. The van der Waals surface area contributed by atoms with Crippen molar-refractivity contribution in [2.75, 3.05) is 19.1 Å². The number of benzene rings is 2. The van der Waals surface area contributed by atoms with Crippen LogP contribution in [0.3, 0.4) is 0 Å². The van der Waals surface area contributed by atoms with Gasteiger partial charge in [0.15, 0.2) is 0 Å². The molecule has 2 aromatic carbocycles. The van der Waals surface area contributed by atoms with Crippen molar-refractivity contribution in [3.63, 3.8) is 0 Å². The molecule has 0 radical (unpaired) electrons. The molecule has 2 amide bonds. The summed E-state index contributed by atoms with van der Waals surface area (Å²) in [5.41, 5.74) is 2.02. The first-order valence-electron chi connectivity index (χ1n) is 8.26. The van der Waals surface area contributed by atoms with Crippen molar-refractivity contribution >= 4 is 29.3 Å². The first-order valence-corrected chi connectivity index (χ1v) is 8.64. The topological polar surface area (TPSA) is 67.9 Å². The molecule has 0 saturated heterocycles. The molecule has 1 aliphatic heterocycles. The summed E-state index contributed by atoms with van der Waals surface area (Å²) in [5.74, 6) is 0.135.